The Bertz CT molecular complexity index is 105. The van der Waals surface area contributed by atoms with Crippen LogP contribution in [0.15, 0.2) is 11.8 Å². The lowest BCUT2D eigenvalue weighted by Gasteiger charge is -2.02. The van der Waals surface area contributed by atoms with Gasteiger partial charge in [-0.25, -0.2) is 0 Å². The molecule has 0 heterocycles. The molecule has 0 bridgehead atoms. The predicted octanol–water partition coefficient (Wildman–Crippen LogP) is 0.651. The van der Waals surface area contributed by atoms with E-state index in [1.54, 1.807) is 13.1 Å². The number of nitrogens with zero attached hydrogens (tertiary/aromatic N) is 1. The number of allylic oxidation sites excluding steroid dienone is 1. The Labute approximate surface area is 49.8 Å². The molecule has 0 N–H and O–H groups in total. The van der Waals surface area contributed by atoms with Crippen LogP contribution in [0.4, 0.5) is 0 Å². The summed E-state index contributed by atoms with van der Waals surface area (Å²) >= 11 is 0. The minimum absolute atomic E-state index is 0.745. The Morgan fingerprint density at radius 2 is 2.00 bits per heavy atom. The maximum absolute atomic E-state index is 9.95. The summed E-state index contributed by atoms with van der Waals surface area (Å²) in [5, 5.41) is 0. The third kappa shape index (κ3) is 3.40. The van der Waals surface area contributed by atoms with Crippen molar-refractivity contribution in [1.29, 1.82) is 0 Å². The Balaban J connectivity index is 3.74. The molecule has 0 spiro atoms. The molecule has 0 unspecified atom stereocenters. The van der Waals surface area contributed by atoms with Gasteiger partial charge in [-0.05, 0) is 6.92 Å². The third-order valence-corrected chi connectivity index (χ3v) is 0.648. The van der Waals surface area contributed by atoms with Crippen LogP contribution in [0.5, 0.6) is 0 Å². The highest BCUT2D eigenvalue weighted by Gasteiger charge is 1.82. The smallest absolute Gasteiger partial charge is 0.147 e. The quantitative estimate of drug-likeness (QED) is 0.387. The van der Waals surface area contributed by atoms with Crippen LogP contribution in [0.2, 0.25) is 0 Å². The molecule has 0 radical (unpaired) electrons. The molecule has 0 fully saturated rings. The maximum atomic E-state index is 9.95. The fourth-order valence-electron chi connectivity index (χ4n) is 0.438. The minimum atomic E-state index is 0.745. The standard InChI is InChI=1S/C6H11NO/c1-6(5-8)4-7(2)3/h4-5H,1-3H3/b6-4-. The summed E-state index contributed by atoms with van der Waals surface area (Å²) in [6.07, 6.45) is 2.60. The predicted molar refractivity (Wildman–Crippen MR) is 33.5 cm³/mol. The Morgan fingerprint density at radius 3 is 2.12 bits per heavy atom. The van der Waals surface area contributed by atoms with Gasteiger partial charge in [0.15, 0.2) is 0 Å². The molecule has 0 aromatic heterocycles. The van der Waals surface area contributed by atoms with Crippen LogP contribution in [0.1, 0.15) is 6.92 Å². The summed E-state index contributed by atoms with van der Waals surface area (Å²) in [5.74, 6) is 0. The Hall–Kier alpha value is -0.790. The number of rotatable bonds is 2. The summed E-state index contributed by atoms with van der Waals surface area (Å²) in [5.41, 5.74) is 0.745. The van der Waals surface area contributed by atoms with Crippen LogP contribution in [0, 0.1) is 0 Å². The molecular weight excluding hydrogens is 102 g/mol. The second-order valence-corrected chi connectivity index (χ2v) is 1.95. The van der Waals surface area contributed by atoms with E-state index in [9.17, 15) is 4.79 Å². The van der Waals surface area contributed by atoms with Gasteiger partial charge in [0, 0.05) is 25.9 Å². The van der Waals surface area contributed by atoms with E-state index in [-0.39, 0.29) is 0 Å². The van der Waals surface area contributed by atoms with Crippen LogP contribution in [-0.4, -0.2) is 25.3 Å². The Kier molecular flexibility index (Phi) is 2.92. The van der Waals surface area contributed by atoms with E-state index in [4.69, 9.17) is 0 Å². The van der Waals surface area contributed by atoms with Gasteiger partial charge in [0.2, 0.25) is 0 Å². The number of hydrogen-bond donors (Lipinski definition) is 0. The van der Waals surface area contributed by atoms with Crippen LogP contribution < -0.4 is 0 Å². The van der Waals surface area contributed by atoms with Gasteiger partial charge in [0.05, 0.1) is 0 Å². The molecule has 0 rings (SSSR count). The average molecular weight is 113 g/mol. The zero-order chi connectivity index (χ0) is 6.57. The minimum Gasteiger partial charge on any atom is -0.383 e. The highest BCUT2D eigenvalue weighted by Crippen LogP contribution is 1.86. The second-order valence-electron chi connectivity index (χ2n) is 1.95. The first kappa shape index (κ1) is 7.21. The molecule has 0 aromatic carbocycles. The lowest BCUT2D eigenvalue weighted by atomic mass is 10.4. The van der Waals surface area contributed by atoms with Gasteiger partial charge in [0.1, 0.15) is 6.29 Å². The average Bonchev–Trinajstić information content (AvgIpc) is 1.65. The van der Waals surface area contributed by atoms with E-state index in [0.29, 0.717) is 0 Å². The van der Waals surface area contributed by atoms with E-state index in [1.807, 2.05) is 19.0 Å². The van der Waals surface area contributed by atoms with Crippen molar-refractivity contribution in [2.45, 2.75) is 6.92 Å². The molecule has 0 aliphatic heterocycles. The molecule has 8 heavy (non-hydrogen) atoms. The first-order valence-corrected chi connectivity index (χ1v) is 2.47. The van der Waals surface area contributed by atoms with E-state index in [2.05, 4.69) is 0 Å². The van der Waals surface area contributed by atoms with Crippen molar-refractivity contribution < 1.29 is 4.79 Å². The van der Waals surface area contributed by atoms with Crippen molar-refractivity contribution in [1.82, 2.24) is 4.90 Å². The molecular formula is C6H11NO. The largest absolute Gasteiger partial charge is 0.383 e. The van der Waals surface area contributed by atoms with Crippen molar-refractivity contribution in [2.24, 2.45) is 0 Å². The second kappa shape index (κ2) is 3.24. The first-order chi connectivity index (χ1) is 3.66. The van der Waals surface area contributed by atoms with E-state index >= 15 is 0 Å². The normalized spacial score (nSPS) is 11.1. The lowest BCUT2D eigenvalue weighted by Crippen LogP contribution is -2.01. The highest BCUT2D eigenvalue weighted by molar-refractivity contribution is 5.71. The number of aldehydes is 1. The number of carbonyl (C=O) groups excluding carboxylic acids is 1. The maximum Gasteiger partial charge on any atom is 0.147 e. The van der Waals surface area contributed by atoms with E-state index < -0.39 is 0 Å². The topological polar surface area (TPSA) is 20.3 Å². The molecule has 0 saturated heterocycles. The summed E-state index contributed by atoms with van der Waals surface area (Å²) < 4.78 is 0. The van der Waals surface area contributed by atoms with Crippen LogP contribution >= 0.6 is 0 Å². The van der Waals surface area contributed by atoms with Crippen molar-refractivity contribution in [2.75, 3.05) is 14.1 Å². The molecule has 0 saturated carbocycles. The molecule has 2 heteroatoms. The zero-order valence-electron chi connectivity index (χ0n) is 5.51. The first-order valence-electron chi connectivity index (χ1n) is 2.47. The van der Waals surface area contributed by atoms with Crippen molar-refractivity contribution in [3.8, 4) is 0 Å². The van der Waals surface area contributed by atoms with Gasteiger partial charge in [-0.3, -0.25) is 4.79 Å². The van der Waals surface area contributed by atoms with Crippen molar-refractivity contribution in [3.63, 3.8) is 0 Å². The SMILES string of the molecule is C/C(C=O)=C/N(C)C. The fraction of sp³-hybridized carbons (Fsp3) is 0.500. The summed E-state index contributed by atoms with van der Waals surface area (Å²) in [6, 6.07) is 0. The number of hydrogen-bond acceptors (Lipinski definition) is 2. The lowest BCUT2D eigenvalue weighted by molar-refractivity contribution is -0.104. The van der Waals surface area contributed by atoms with Gasteiger partial charge >= 0.3 is 0 Å². The third-order valence-electron chi connectivity index (χ3n) is 0.648. The van der Waals surface area contributed by atoms with Crippen LogP contribution in [-0.2, 0) is 4.79 Å². The van der Waals surface area contributed by atoms with Gasteiger partial charge in [-0.15, -0.1) is 0 Å². The van der Waals surface area contributed by atoms with Gasteiger partial charge in [-0.2, -0.15) is 0 Å². The molecule has 0 amide bonds. The molecule has 0 aliphatic rings. The van der Waals surface area contributed by atoms with Crippen LogP contribution in [0.25, 0.3) is 0 Å². The van der Waals surface area contributed by atoms with Crippen LogP contribution in [0.3, 0.4) is 0 Å². The van der Waals surface area contributed by atoms with Gasteiger partial charge < -0.3 is 4.90 Å². The summed E-state index contributed by atoms with van der Waals surface area (Å²) in [6.45, 7) is 1.77. The Morgan fingerprint density at radius 1 is 1.50 bits per heavy atom. The van der Waals surface area contributed by atoms with Crippen molar-refractivity contribution >= 4 is 6.29 Å². The number of carbonyl (C=O) groups is 1. The fourth-order valence-corrected chi connectivity index (χ4v) is 0.438. The van der Waals surface area contributed by atoms with Gasteiger partial charge in [0.25, 0.3) is 0 Å². The molecule has 46 valence electrons. The summed E-state index contributed by atoms with van der Waals surface area (Å²) in [7, 11) is 3.76. The summed E-state index contributed by atoms with van der Waals surface area (Å²) in [4.78, 5) is 11.8. The molecule has 0 aliphatic carbocycles. The van der Waals surface area contributed by atoms with Gasteiger partial charge in [-0.1, -0.05) is 0 Å². The van der Waals surface area contributed by atoms with Crippen molar-refractivity contribution in [3.05, 3.63) is 11.8 Å². The molecule has 0 aromatic rings. The highest BCUT2D eigenvalue weighted by atomic mass is 16.1. The zero-order valence-corrected chi connectivity index (χ0v) is 5.51. The monoisotopic (exact) mass is 113 g/mol. The van der Waals surface area contributed by atoms with E-state index in [1.165, 1.54) is 0 Å². The molecule has 0 atom stereocenters. The van der Waals surface area contributed by atoms with E-state index in [0.717, 1.165) is 11.9 Å². The molecule has 2 nitrogen and oxygen atoms in total.